The molecule has 0 fully saturated rings. The fourth-order valence-corrected chi connectivity index (χ4v) is 0.548. The Hall–Kier alpha value is -0.640. The molecule has 0 rings (SSSR count). The summed E-state index contributed by atoms with van der Waals surface area (Å²) < 4.78 is 14.2. The van der Waals surface area contributed by atoms with Crippen molar-refractivity contribution in [3.63, 3.8) is 0 Å². The van der Waals surface area contributed by atoms with E-state index in [1.807, 2.05) is 0 Å². The van der Waals surface area contributed by atoms with Crippen LogP contribution in [0.1, 0.15) is 6.42 Å². The van der Waals surface area contributed by atoms with E-state index in [0.717, 1.165) is 5.57 Å². The van der Waals surface area contributed by atoms with Crippen LogP contribution in [0.3, 0.4) is 0 Å². The molecule has 0 spiro atoms. The molecule has 0 aliphatic heterocycles. The van der Waals surface area contributed by atoms with Gasteiger partial charge in [-0.1, -0.05) is 6.58 Å². The van der Waals surface area contributed by atoms with Gasteiger partial charge in [0.15, 0.2) is 0 Å². The highest BCUT2D eigenvalue weighted by Crippen LogP contribution is 2.02. The molecular weight excluding hydrogens is 135 g/mol. The lowest BCUT2D eigenvalue weighted by atomic mass is 10.2. The van der Waals surface area contributed by atoms with Gasteiger partial charge in [0.25, 0.3) is 0 Å². The van der Waals surface area contributed by atoms with Crippen molar-refractivity contribution in [2.24, 2.45) is 0 Å². The van der Waals surface area contributed by atoms with E-state index in [0.29, 0.717) is 6.42 Å². The van der Waals surface area contributed by atoms with Crippen LogP contribution in [0.25, 0.3) is 0 Å². The van der Waals surface area contributed by atoms with Crippen LogP contribution < -0.4 is 0 Å². The van der Waals surface area contributed by atoms with Crippen LogP contribution in [0.15, 0.2) is 12.2 Å². The maximum absolute atomic E-state index is 9.70. The largest absolute Gasteiger partial charge is 0.327 e. The van der Waals surface area contributed by atoms with Crippen LogP contribution in [-0.4, -0.2) is 6.61 Å². The van der Waals surface area contributed by atoms with E-state index in [2.05, 4.69) is 17.0 Å². The van der Waals surface area contributed by atoms with Crippen molar-refractivity contribution in [3.8, 4) is 12.3 Å². The molecule has 0 saturated carbocycles. The van der Waals surface area contributed by atoms with E-state index >= 15 is 0 Å². The van der Waals surface area contributed by atoms with Gasteiger partial charge in [-0.3, -0.25) is 4.52 Å². The van der Waals surface area contributed by atoms with Crippen LogP contribution in [0.5, 0.6) is 0 Å². The van der Waals surface area contributed by atoms with Gasteiger partial charge in [-0.05, 0) is 5.57 Å². The van der Waals surface area contributed by atoms with E-state index in [4.69, 9.17) is 6.42 Å². The highest BCUT2D eigenvalue weighted by atomic mass is 31.1. The smallest absolute Gasteiger partial charge is 0.290 e. The van der Waals surface area contributed by atoms with Crippen molar-refractivity contribution < 1.29 is 9.09 Å². The topological polar surface area (TPSA) is 26.3 Å². The lowest BCUT2D eigenvalue weighted by molar-refractivity contribution is 0.375. The summed E-state index contributed by atoms with van der Waals surface area (Å²) in [4.78, 5) is 0. The molecular formula is C6H7O2P. The van der Waals surface area contributed by atoms with Gasteiger partial charge in [0.1, 0.15) is 0 Å². The van der Waals surface area contributed by atoms with Crippen LogP contribution in [0.2, 0.25) is 0 Å². The summed E-state index contributed by atoms with van der Waals surface area (Å²) in [5.74, 6) is 2.39. The molecule has 0 saturated heterocycles. The fourth-order valence-electron chi connectivity index (χ4n) is 0.313. The minimum absolute atomic E-state index is 0.273. The Morgan fingerprint density at radius 2 is 2.56 bits per heavy atom. The molecule has 0 atom stereocenters. The molecule has 0 bridgehead atoms. The highest BCUT2D eigenvalue weighted by molar-refractivity contribution is 7.17. The Labute approximate surface area is 56.2 Å². The van der Waals surface area contributed by atoms with Gasteiger partial charge in [-0.15, -0.1) is 12.3 Å². The number of hydrogen-bond donors (Lipinski definition) is 0. The first-order valence-electron chi connectivity index (χ1n) is 2.36. The Bertz CT molecular complexity index is 146. The number of rotatable bonds is 4. The fraction of sp³-hybridized carbons (Fsp3) is 0.333. The minimum Gasteiger partial charge on any atom is -0.290 e. The lowest BCUT2D eigenvalue weighted by Gasteiger charge is -1.93. The van der Waals surface area contributed by atoms with Crippen LogP contribution in [-0.2, 0) is 9.09 Å². The molecule has 0 aromatic rings. The number of terminal acetylenes is 1. The highest BCUT2D eigenvalue weighted by Gasteiger charge is 1.89. The normalized spacial score (nSPS) is 8.78. The molecule has 0 aliphatic carbocycles. The Balaban J connectivity index is 3.29. The summed E-state index contributed by atoms with van der Waals surface area (Å²) in [5.41, 5.74) is 0.765. The Kier molecular flexibility index (Phi) is 5.11. The summed E-state index contributed by atoms with van der Waals surface area (Å²) >= 11 is 0. The summed E-state index contributed by atoms with van der Waals surface area (Å²) in [6.45, 7) is 3.84. The second-order valence-electron chi connectivity index (χ2n) is 1.48. The van der Waals surface area contributed by atoms with E-state index in [1.165, 1.54) is 0 Å². The first-order valence-corrected chi connectivity index (χ1v) is 3.09. The summed E-state index contributed by atoms with van der Waals surface area (Å²) in [6.07, 6.45) is 5.44. The third-order valence-corrected chi connectivity index (χ3v) is 0.908. The molecule has 48 valence electrons. The first kappa shape index (κ1) is 8.36. The zero-order valence-corrected chi connectivity index (χ0v) is 5.86. The zero-order chi connectivity index (χ0) is 7.11. The van der Waals surface area contributed by atoms with E-state index < -0.39 is 0 Å². The quantitative estimate of drug-likeness (QED) is 0.340. The second-order valence-corrected chi connectivity index (χ2v) is 1.89. The van der Waals surface area contributed by atoms with Gasteiger partial charge in [-0.2, -0.15) is 0 Å². The first-order chi connectivity index (χ1) is 4.31. The third-order valence-electron chi connectivity index (χ3n) is 0.673. The van der Waals surface area contributed by atoms with E-state index in [1.54, 1.807) is 0 Å². The molecule has 3 heteroatoms. The molecule has 0 aromatic heterocycles. The molecule has 0 aromatic carbocycles. The average molecular weight is 142 g/mol. The monoisotopic (exact) mass is 142 g/mol. The lowest BCUT2D eigenvalue weighted by Crippen LogP contribution is -1.86. The van der Waals surface area contributed by atoms with Crippen molar-refractivity contribution in [3.05, 3.63) is 12.2 Å². The number of hydrogen-bond acceptors (Lipinski definition) is 2. The van der Waals surface area contributed by atoms with Gasteiger partial charge in [0.05, 0.1) is 6.61 Å². The molecule has 2 nitrogen and oxygen atoms in total. The second kappa shape index (κ2) is 5.50. The Morgan fingerprint density at radius 1 is 1.89 bits per heavy atom. The van der Waals surface area contributed by atoms with Gasteiger partial charge >= 0.3 is 8.69 Å². The van der Waals surface area contributed by atoms with Gasteiger partial charge in [0.2, 0.25) is 0 Å². The van der Waals surface area contributed by atoms with Crippen LogP contribution in [0, 0.1) is 12.3 Å². The van der Waals surface area contributed by atoms with E-state index in [-0.39, 0.29) is 15.3 Å². The van der Waals surface area contributed by atoms with Crippen molar-refractivity contribution in [1.82, 2.24) is 0 Å². The molecule has 0 heterocycles. The minimum atomic E-state index is -0.324. The summed E-state index contributed by atoms with van der Waals surface area (Å²) in [6, 6.07) is 0. The SMILES string of the molecule is C#CCC(=C)COP=O. The van der Waals surface area contributed by atoms with Crippen LogP contribution in [0.4, 0.5) is 0 Å². The van der Waals surface area contributed by atoms with Crippen molar-refractivity contribution in [2.75, 3.05) is 6.61 Å². The van der Waals surface area contributed by atoms with Gasteiger partial charge < -0.3 is 0 Å². The van der Waals surface area contributed by atoms with Crippen molar-refractivity contribution in [2.45, 2.75) is 6.42 Å². The molecule has 0 amide bonds. The average Bonchev–Trinajstić information content (AvgIpc) is 1.85. The Morgan fingerprint density at radius 3 is 3.00 bits per heavy atom. The van der Waals surface area contributed by atoms with Crippen molar-refractivity contribution in [1.29, 1.82) is 0 Å². The molecule has 0 radical (unpaired) electrons. The standard InChI is InChI=1S/C6H7O2P/c1-3-4-6(2)5-8-9-7/h1H,2,4-5H2. The zero-order valence-electron chi connectivity index (χ0n) is 4.96. The van der Waals surface area contributed by atoms with Gasteiger partial charge in [-0.25, -0.2) is 4.57 Å². The maximum Gasteiger partial charge on any atom is 0.327 e. The molecule has 0 unspecified atom stereocenters. The van der Waals surface area contributed by atoms with Crippen molar-refractivity contribution >= 4 is 8.69 Å². The predicted octanol–water partition coefficient (Wildman–Crippen LogP) is 1.79. The molecule has 0 aliphatic rings. The van der Waals surface area contributed by atoms with Gasteiger partial charge in [0, 0.05) is 6.42 Å². The van der Waals surface area contributed by atoms with Crippen LogP contribution >= 0.6 is 8.69 Å². The summed E-state index contributed by atoms with van der Waals surface area (Å²) in [7, 11) is -0.324. The third kappa shape index (κ3) is 5.23. The molecule has 0 N–H and O–H groups in total. The summed E-state index contributed by atoms with van der Waals surface area (Å²) in [5, 5.41) is 0. The molecule has 9 heavy (non-hydrogen) atoms. The predicted molar refractivity (Wildman–Crippen MR) is 36.1 cm³/mol. The van der Waals surface area contributed by atoms with E-state index in [9.17, 15) is 4.57 Å². The maximum atomic E-state index is 9.70.